The van der Waals surface area contributed by atoms with Gasteiger partial charge in [-0.1, -0.05) is 0 Å². The van der Waals surface area contributed by atoms with Crippen molar-refractivity contribution in [1.82, 2.24) is 0 Å². The van der Waals surface area contributed by atoms with Crippen molar-refractivity contribution in [1.29, 1.82) is 0 Å². The van der Waals surface area contributed by atoms with E-state index in [2.05, 4.69) is 0 Å². The van der Waals surface area contributed by atoms with E-state index in [1.54, 1.807) is 0 Å². The second-order valence-electron chi connectivity index (χ2n) is 20.4. The predicted molar refractivity (Wildman–Crippen MR) is 331 cm³/mol. The minimum Gasteiger partial charge on any atom is -0.462 e. The molecular weight excluding hydrogens is 1260 g/mol. The molecule has 504 valence electrons. The van der Waals surface area contributed by atoms with Crippen LogP contribution in [0.1, 0.15) is 163 Å². The first-order valence-corrected chi connectivity index (χ1v) is 30.4. The molecule has 12 aliphatic rings. The van der Waals surface area contributed by atoms with Crippen LogP contribution >= 0.6 is 0 Å². The first-order valence-electron chi connectivity index (χ1n) is 30.4. The number of carbonyl (C=O) groups excluding carboxylic acids is 12. The second kappa shape index (κ2) is 39.4. The van der Waals surface area contributed by atoms with E-state index in [9.17, 15) is 57.5 Å². The van der Waals surface area contributed by atoms with E-state index in [0.717, 1.165) is 0 Å². The van der Waals surface area contributed by atoms with E-state index in [-0.39, 0.29) is 150 Å². The van der Waals surface area contributed by atoms with Crippen LogP contribution in [0.25, 0.3) is 0 Å². The van der Waals surface area contributed by atoms with Gasteiger partial charge in [-0.2, -0.15) is 0 Å². The van der Waals surface area contributed by atoms with Gasteiger partial charge in [0.05, 0.1) is 146 Å². The van der Waals surface area contributed by atoms with Crippen LogP contribution in [0.5, 0.6) is 0 Å². The lowest BCUT2D eigenvalue weighted by molar-refractivity contribution is 0.0138. The summed E-state index contributed by atoms with van der Waals surface area (Å²) >= 11 is 0. The second-order valence-corrected chi connectivity index (χ2v) is 20.4. The van der Waals surface area contributed by atoms with Crippen molar-refractivity contribution in [2.75, 3.05) is 106 Å². The SMILES string of the molecule is O=C1OCCCCOC(=O)c2ccc(cc2)C(=O)OCCCCOC(=O)c2ccc1cc2.O=C1OCCCOC(=O)c2ccc(cc2)C(=O)OCCCOC(=O)c2ccc1cc2.O=C1OCCOCCOC(=O)c2ccc(cc2)C(=O)OCCOCCOC(=O)c2ccc1cc2. The highest BCUT2D eigenvalue weighted by atomic mass is 16.6. The average Bonchev–Trinajstić information content (AvgIpc) is 1.42. The number of esters is 12. The lowest BCUT2D eigenvalue weighted by Crippen LogP contribution is -2.16. The first kappa shape index (κ1) is 72.3. The fourth-order valence-corrected chi connectivity index (χ4v) is 8.28. The van der Waals surface area contributed by atoms with E-state index in [4.69, 9.17) is 66.3 Å². The van der Waals surface area contributed by atoms with Crippen molar-refractivity contribution in [2.45, 2.75) is 38.5 Å². The Morgan fingerprint density at radius 3 is 0.365 bits per heavy atom. The van der Waals surface area contributed by atoms with Gasteiger partial charge in [0.2, 0.25) is 0 Å². The van der Waals surface area contributed by atoms with Gasteiger partial charge >= 0.3 is 71.6 Å². The van der Waals surface area contributed by atoms with Gasteiger partial charge in [0, 0.05) is 12.8 Å². The summed E-state index contributed by atoms with van der Waals surface area (Å²) < 4.78 is 72.4. The molecule has 0 radical (unpaired) electrons. The van der Waals surface area contributed by atoms with Gasteiger partial charge in [-0.25, -0.2) is 57.5 Å². The zero-order chi connectivity index (χ0) is 68.3. The summed E-state index contributed by atoms with van der Waals surface area (Å²) in [6.45, 7) is 1.49. The zero-order valence-corrected chi connectivity index (χ0v) is 52.0. The standard InChI is InChI=1S/C24H24O10.C24H24O8.C22H20O8/c25-21-17-1-2-18(4-3-17)22(26)32-14-10-30-12-16-34-24(28)20-7-5-19(6-8-20)23(27)33-15-11-29-9-13-31-21;25-21-17-5-7-19(8-6-17)23(27)31-15-3-4-16-32-24(28)20-11-9-18(10-12-20)22(26)30-14-2-1-13-29-21;23-19-15-3-7-17(8-4-15)21(25)29-13-2-14-30-22(26)18-9-5-16(6-10-18)20(24)28-12-1-11-27-19/h1-8H,9-16H2;5-12H,1-4,13-16H2;3-10H,1-2,11-14H2. The molecule has 0 spiro atoms. The van der Waals surface area contributed by atoms with Crippen molar-refractivity contribution in [3.05, 3.63) is 212 Å². The van der Waals surface area contributed by atoms with Crippen LogP contribution < -0.4 is 0 Å². The summed E-state index contributed by atoms with van der Waals surface area (Å²) in [6, 6.07) is 35.4. The third-order valence-corrected chi connectivity index (χ3v) is 13.5. The number of rotatable bonds is 0. The molecule has 12 aliphatic heterocycles. The van der Waals surface area contributed by atoms with Crippen molar-refractivity contribution < 1.29 is 124 Å². The van der Waals surface area contributed by atoms with E-state index in [0.29, 0.717) is 60.8 Å². The Morgan fingerprint density at radius 1 is 0.135 bits per heavy atom. The molecule has 0 aliphatic carbocycles. The molecule has 0 fully saturated rings. The smallest absolute Gasteiger partial charge is 0.338 e. The molecule has 96 heavy (non-hydrogen) atoms. The largest absolute Gasteiger partial charge is 0.462 e. The van der Waals surface area contributed by atoms with Gasteiger partial charge in [-0.15, -0.1) is 0 Å². The molecule has 0 amide bonds. The van der Waals surface area contributed by atoms with Crippen LogP contribution in [0, 0.1) is 0 Å². The molecular formula is C70H68O26. The van der Waals surface area contributed by atoms with Gasteiger partial charge in [0.1, 0.15) is 26.4 Å². The van der Waals surface area contributed by atoms with Gasteiger partial charge in [0.15, 0.2) is 0 Å². The van der Waals surface area contributed by atoms with Crippen LogP contribution in [0.3, 0.4) is 0 Å². The quantitative estimate of drug-likeness (QED) is 0.102. The third-order valence-electron chi connectivity index (χ3n) is 13.5. The lowest BCUT2D eigenvalue weighted by atomic mass is 10.1. The van der Waals surface area contributed by atoms with Gasteiger partial charge in [-0.05, 0) is 171 Å². The first-order chi connectivity index (χ1) is 46.6. The maximum Gasteiger partial charge on any atom is 0.338 e. The average molecular weight is 1330 g/mol. The Labute approximate surface area is 550 Å². The summed E-state index contributed by atoms with van der Waals surface area (Å²) in [5.74, 6) is -6.39. The van der Waals surface area contributed by atoms with E-state index in [1.807, 2.05) is 0 Å². The fourth-order valence-electron chi connectivity index (χ4n) is 8.28. The minimum atomic E-state index is -0.561. The van der Waals surface area contributed by atoms with Crippen molar-refractivity contribution in [3.8, 4) is 0 Å². The highest BCUT2D eigenvalue weighted by Gasteiger charge is 2.19. The van der Waals surface area contributed by atoms with Crippen LogP contribution in [-0.4, -0.2) is 177 Å². The van der Waals surface area contributed by atoms with Gasteiger partial charge in [0.25, 0.3) is 0 Å². The predicted octanol–water partition coefficient (Wildman–Crippen LogP) is 8.46. The van der Waals surface area contributed by atoms with E-state index >= 15 is 0 Å². The highest BCUT2D eigenvalue weighted by molar-refractivity contribution is 5.97. The molecule has 12 bridgehead atoms. The van der Waals surface area contributed by atoms with Crippen LogP contribution in [-0.2, 0) is 66.3 Å². The van der Waals surface area contributed by atoms with E-state index < -0.39 is 71.6 Å². The summed E-state index contributed by atoms with van der Waals surface area (Å²) in [4.78, 5) is 145. The van der Waals surface area contributed by atoms with Crippen LogP contribution in [0.4, 0.5) is 0 Å². The molecule has 6 aromatic carbocycles. The summed E-state index contributed by atoms with van der Waals surface area (Å²) in [5, 5.41) is 0. The molecule has 12 heterocycles. The van der Waals surface area contributed by atoms with E-state index in [1.165, 1.54) is 146 Å². The molecule has 26 heteroatoms. The van der Waals surface area contributed by atoms with Crippen molar-refractivity contribution >= 4 is 71.6 Å². The molecule has 0 aromatic heterocycles. The molecule has 0 unspecified atom stereocenters. The monoisotopic (exact) mass is 1320 g/mol. The number of ether oxygens (including phenoxy) is 14. The van der Waals surface area contributed by atoms with Crippen LogP contribution in [0.2, 0.25) is 0 Å². The Bertz CT molecular complexity index is 3130. The number of benzene rings is 6. The molecule has 6 aromatic rings. The summed E-state index contributed by atoms with van der Waals surface area (Å²) in [6.07, 6.45) is 2.74. The molecule has 0 atom stereocenters. The normalized spacial score (nSPS) is 17.0. The molecule has 0 saturated carbocycles. The summed E-state index contributed by atoms with van der Waals surface area (Å²) in [7, 11) is 0. The lowest BCUT2D eigenvalue weighted by Gasteiger charge is -2.09. The van der Waals surface area contributed by atoms with Crippen LogP contribution in [0.15, 0.2) is 146 Å². The Kier molecular flexibility index (Phi) is 29.7. The topological polar surface area (TPSA) is 334 Å². The number of hydrogen-bond donors (Lipinski definition) is 0. The molecule has 26 nitrogen and oxygen atoms in total. The number of carbonyl (C=O) groups is 12. The minimum absolute atomic E-state index is 0.00807. The molecule has 0 saturated heterocycles. The number of hydrogen-bond acceptors (Lipinski definition) is 26. The van der Waals surface area contributed by atoms with Gasteiger partial charge in [-0.3, -0.25) is 0 Å². The third kappa shape index (κ3) is 24.4. The Balaban J connectivity index is 0.000000204. The van der Waals surface area contributed by atoms with Crippen molar-refractivity contribution in [3.63, 3.8) is 0 Å². The highest BCUT2D eigenvalue weighted by Crippen LogP contribution is 2.16. The fraction of sp³-hybridized carbons (Fsp3) is 0.314. The summed E-state index contributed by atoms with van der Waals surface area (Å²) in [5.41, 5.74) is 3.56. The Hall–Kier alpha value is -11.1. The maximum absolute atomic E-state index is 12.1. The Morgan fingerprint density at radius 2 is 0.240 bits per heavy atom. The zero-order valence-electron chi connectivity index (χ0n) is 52.0. The maximum atomic E-state index is 12.1. The molecule has 18 rings (SSSR count). The van der Waals surface area contributed by atoms with Gasteiger partial charge < -0.3 is 66.3 Å². The molecule has 0 N–H and O–H groups in total. The van der Waals surface area contributed by atoms with Crippen molar-refractivity contribution in [2.24, 2.45) is 0 Å².